The Hall–Kier alpha value is -0.120. The molecule has 0 aromatic heterocycles. The van der Waals surface area contributed by atoms with Crippen molar-refractivity contribution in [1.82, 2.24) is 4.90 Å². The van der Waals surface area contributed by atoms with Crippen molar-refractivity contribution in [2.45, 2.75) is 51.5 Å². The van der Waals surface area contributed by atoms with Crippen LogP contribution in [-0.2, 0) is 9.47 Å². The van der Waals surface area contributed by atoms with E-state index in [1.165, 1.54) is 0 Å². The smallest absolute Gasteiger partial charge is 0.168 e. The molecule has 0 spiro atoms. The van der Waals surface area contributed by atoms with Gasteiger partial charge in [0.05, 0.1) is 12.7 Å². The minimum atomic E-state index is -0.311. The average molecular weight is 201 g/mol. The SMILES string of the molecule is CCC1(CC)OC[C@H](C(C)N(C)C)O1. The minimum absolute atomic E-state index is 0.213. The zero-order valence-corrected chi connectivity index (χ0v) is 10.0. The third kappa shape index (κ3) is 2.27. The Kier molecular flexibility index (Phi) is 3.93. The van der Waals surface area contributed by atoms with Crippen LogP contribution >= 0.6 is 0 Å². The lowest BCUT2D eigenvalue weighted by atomic mass is 10.1. The quantitative estimate of drug-likeness (QED) is 0.693. The van der Waals surface area contributed by atoms with Crippen LogP contribution in [0.25, 0.3) is 0 Å². The molecule has 2 atom stereocenters. The van der Waals surface area contributed by atoms with Crippen LogP contribution in [0.15, 0.2) is 0 Å². The van der Waals surface area contributed by atoms with E-state index in [2.05, 4.69) is 39.8 Å². The fourth-order valence-corrected chi connectivity index (χ4v) is 1.77. The number of nitrogens with zero attached hydrogens (tertiary/aromatic N) is 1. The number of hydrogen-bond donors (Lipinski definition) is 0. The van der Waals surface area contributed by atoms with Gasteiger partial charge in [-0.2, -0.15) is 0 Å². The van der Waals surface area contributed by atoms with E-state index >= 15 is 0 Å². The maximum atomic E-state index is 6.01. The van der Waals surface area contributed by atoms with Gasteiger partial charge in [0.2, 0.25) is 0 Å². The Balaban J connectivity index is 2.55. The lowest BCUT2D eigenvalue weighted by Crippen LogP contribution is -2.39. The molecular weight excluding hydrogens is 178 g/mol. The summed E-state index contributed by atoms with van der Waals surface area (Å²) in [5.41, 5.74) is 0. The molecule has 1 rings (SSSR count). The van der Waals surface area contributed by atoms with Gasteiger partial charge < -0.3 is 14.4 Å². The highest BCUT2D eigenvalue weighted by Gasteiger charge is 2.40. The van der Waals surface area contributed by atoms with Gasteiger partial charge in [-0.15, -0.1) is 0 Å². The van der Waals surface area contributed by atoms with Gasteiger partial charge in [0.1, 0.15) is 0 Å². The van der Waals surface area contributed by atoms with Gasteiger partial charge >= 0.3 is 0 Å². The van der Waals surface area contributed by atoms with Crippen LogP contribution in [0.3, 0.4) is 0 Å². The highest BCUT2D eigenvalue weighted by atomic mass is 16.7. The summed E-state index contributed by atoms with van der Waals surface area (Å²) in [5.74, 6) is -0.311. The Morgan fingerprint density at radius 1 is 1.36 bits per heavy atom. The highest BCUT2D eigenvalue weighted by Crippen LogP contribution is 2.31. The van der Waals surface area contributed by atoms with Crippen LogP contribution < -0.4 is 0 Å². The maximum absolute atomic E-state index is 6.01. The van der Waals surface area contributed by atoms with E-state index in [4.69, 9.17) is 9.47 Å². The summed E-state index contributed by atoms with van der Waals surface area (Å²) in [6, 6.07) is 0.412. The molecule has 1 aliphatic rings. The zero-order chi connectivity index (χ0) is 10.8. The first-order chi connectivity index (χ1) is 6.54. The molecule has 0 amide bonds. The van der Waals surface area contributed by atoms with Crippen molar-refractivity contribution in [3.05, 3.63) is 0 Å². The molecule has 3 heteroatoms. The van der Waals surface area contributed by atoms with Gasteiger partial charge in [-0.1, -0.05) is 13.8 Å². The van der Waals surface area contributed by atoms with E-state index < -0.39 is 0 Å². The van der Waals surface area contributed by atoms with Crippen molar-refractivity contribution in [2.75, 3.05) is 20.7 Å². The minimum Gasteiger partial charge on any atom is -0.347 e. The van der Waals surface area contributed by atoms with Crippen molar-refractivity contribution in [3.63, 3.8) is 0 Å². The summed E-state index contributed by atoms with van der Waals surface area (Å²) in [5, 5.41) is 0. The number of likely N-dealkylation sites (N-methyl/N-ethyl adjacent to an activating group) is 1. The molecule has 0 aliphatic carbocycles. The molecule has 1 aliphatic heterocycles. The number of hydrogen-bond acceptors (Lipinski definition) is 3. The Morgan fingerprint density at radius 3 is 2.29 bits per heavy atom. The van der Waals surface area contributed by atoms with Gasteiger partial charge in [0.15, 0.2) is 5.79 Å². The van der Waals surface area contributed by atoms with Gasteiger partial charge in [0, 0.05) is 6.04 Å². The van der Waals surface area contributed by atoms with E-state index in [0.717, 1.165) is 19.4 Å². The molecule has 84 valence electrons. The first kappa shape index (κ1) is 12.0. The molecule has 0 radical (unpaired) electrons. The second-order valence-corrected chi connectivity index (χ2v) is 4.29. The fourth-order valence-electron chi connectivity index (χ4n) is 1.77. The third-order valence-corrected chi connectivity index (χ3v) is 3.31. The van der Waals surface area contributed by atoms with Crippen LogP contribution in [0, 0.1) is 0 Å². The summed E-state index contributed by atoms with van der Waals surface area (Å²) in [6.45, 7) is 7.13. The largest absolute Gasteiger partial charge is 0.347 e. The Labute approximate surface area is 87.4 Å². The molecule has 3 nitrogen and oxygen atoms in total. The molecule has 0 aromatic rings. The Morgan fingerprint density at radius 2 is 1.93 bits per heavy atom. The normalized spacial score (nSPS) is 28.3. The topological polar surface area (TPSA) is 21.7 Å². The first-order valence-electron chi connectivity index (χ1n) is 5.53. The second-order valence-electron chi connectivity index (χ2n) is 4.29. The molecule has 1 unspecified atom stereocenters. The lowest BCUT2D eigenvalue weighted by Gasteiger charge is -2.28. The summed E-state index contributed by atoms with van der Waals surface area (Å²) < 4.78 is 11.8. The van der Waals surface area contributed by atoms with Crippen molar-refractivity contribution in [2.24, 2.45) is 0 Å². The summed E-state index contributed by atoms with van der Waals surface area (Å²) in [7, 11) is 4.15. The molecule has 0 N–H and O–H groups in total. The highest BCUT2D eigenvalue weighted by molar-refractivity contribution is 4.82. The molecule has 1 saturated heterocycles. The van der Waals surface area contributed by atoms with Gasteiger partial charge in [0.25, 0.3) is 0 Å². The summed E-state index contributed by atoms with van der Waals surface area (Å²) in [6.07, 6.45) is 2.07. The van der Waals surface area contributed by atoms with Crippen LogP contribution in [0.2, 0.25) is 0 Å². The van der Waals surface area contributed by atoms with Crippen LogP contribution in [0.4, 0.5) is 0 Å². The van der Waals surface area contributed by atoms with Crippen molar-refractivity contribution < 1.29 is 9.47 Å². The van der Waals surface area contributed by atoms with Gasteiger partial charge in [-0.3, -0.25) is 0 Å². The monoisotopic (exact) mass is 201 g/mol. The van der Waals surface area contributed by atoms with E-state index in [9.17, 15) is 0 Å². The summed E-state index contributed by atoms with van der Waals surface area (Å²) in [4.78, 5) is 2.18. The summed E-state index contributed by atoms with van der Waals surface area (Å²) >= 11 is 0. The molecule has 1 heterocycles. The standard InChI is InChI=1S/C11H23NO2/c1-6-11(7-2)13-8-10(14-11)9(3)12(4)5/h9-10H,6-8H2,1-5H3/t9?,10-/m1/s1. The predicted octanol–water partition coefficient (Wildman–Crippen LogP) is 1.87. The van der Waals surface area contributed by atoms with E-state index in [-0.39, 0.29) is 11.9 Å². The molecule has 14 heavy (non-hydrogen) atoms. The van der Waals surface area contributed by atoms with Crippen LogP contribution in [-0.4, -0.2) is 43.5 Å². The number of rotatable bonds is 4. The molecule has 1 fully saturated rings. The molecular formula is C11H23NO2. The second kappa shape index (κ2) is 4.60. The van der Waals surface area contributed by atoms with Gasteiger partial charge in [-0.05, 0) is 33.9 Å². The molecule has 0 saturated carbocycles. The van der Waals surface area contributed by atoms with E-state index in [1.807, 2.05) is 0 Å². The van der Waals surface area contributed by atoms with Gasteiger partial charge in [-0.25, -0.2) is 0 Å². The van der Waals surface area contributed by atoms with Crippen molar-refractivity contribution in [3.8, 4) is 0 Å². The predicted molar refractivity (Wildman–Crippen MR) is 57.3 cm³/mol. The zero-order valence-electron chi connectivity index (χ0n) is 10.0. The van der Waals surface area contributed by atoms with Crippen LogP contribution in [0.1, 0.15) is 33.6 Å². The average Bonchev–Trinajstić information content (AvgIpc) is 2.61. The van der Waals surface area contributed by atoms with E-state index in [0.29, 0.717) is 6.04 Å². The Bertz CT molecular complexity index is 178. The fraction of sp³-hybridized carbons (Fsp3) is 1.00. The van der Waals surface area contributed by atoms with Crippen LogP contribution in [0.5, 0.6) is 0 Å². The van der Waals surface area contributed by atoms with Crippen molar-refractivity contribution >= 4 is 0 Å². The molecule has 0 bridgehead atoms. The third-order valence-electron chi connectivity index (χ3n) is 3.31. The van der Waals surface area contributed by atoms with E-state index in [1.54, 1.807) is 0 Å². The van der Waals surface area contributed by atoms with Crippen molar-refractivity contribution in [1.29, 1.82) is 0 Å². The lowest BCUT2D eigenvalue weighted by molar-refractivity contribution is -0.176. The first-order valence-corrected chi connectivity index (χ1v) is 5.53. The maximum Gasteiger partial charge on any atom is 0.168 e. The molecule has 0 aromatic carbocycles. The number of ether oxygens (including phenoxy) is 2.